The summed E-state index contributed by atoms with van der Waals surface area (Å²) < 4.78 is 6.28. The van der Waals surface area contributed by atoms with Crippen molar-refractivity contribution in [3.63, 3.8) is 0 Å². The fourth-order valence-electron chi connectivity index (χ4n) is 2.73. The predicted octanol–water partition coefficient (Wildman–Crippen LogP) is 3.19. The summed E-state index contributed by atoms with van der Waals surface area (Å²) in [4.78, 5) is 2.51. The van der Waals surface area contributed by atoms with Crippen LogP contribution in [0.2, 0.25) is 0 Å². The second-order valence-corrected chi connectivity index (χ2v) is 6.22. The lowest BCUT2D eigenvalue weighted by Gasteiger charge is -2.36. The lowest BCUT2D eigenvalue weighted by Crippen LogP contribution is -2.39. The molecule has 19 heavy (non-hydrogen) atoms. The van der Waals surface area contributed by atoms with Gasteiger partial charge in [0.25, 0.3) is 0 Å². The Morgan fingerprint density at radius 2 is 2.11 bits per heavy atom. The SMILES string of the molecule is COc1ccc(C(CN)N2CCC(C)CC2)cc1Br. The number of benzene rings is 1. The summed E-state index contributed by atoms with van der Waals surface area (Å²) in [7, 11) is 1.69. The van der Waals surface area contributed by atoms with E-state index in [2.05, 4.69) is 39.9 Å². The second-order valence-electron chi connectivity index (χ2n) is 5.36. The van der Waals surface area contributed by atoms with Crippen molar-refractivity contribution in [2.75, 3.05) is 26.7 Å². The highest BCUT2D eigenvalue weighted by molar-refractivity contribution is 9.10. The minimum absolute atomic E-state index is 0.315. The average molecular weight is 327 g/mol. The first kappa shape index (κ1) is 14.8. The molecule has 0 aliphatic carbocycles. The molecule has 0 saturated carbocycles. The van der Waals surface area contributed by atoms with Gasteiger partial charge in [0.2, 0.25) is 0 Å². The van der Waals surface area contributed by atoms with Crippen LogP contribution in [-0.4, -0.2) is 31.6 Å². The topological polar surface area (TPSA) is 38.5 Å². The van der Waals surface area contributed by atoms with Gasteiger partial charge in [0.15, 0.2) is 0 Å². The van der Waals surface area contributed by atoms with E-state index in [4.69, 9.17) is 10.5 Å². The van der Waals surface area contributed by atoms with E-state index in [-0.39, 0.29) is 0 Å². The van der Waals surface area contributed by atoms with Gasteiger partial charge in [-0.05, 0) is 65.5 Å². The molecule has 0 bridgehead atoms. The molecule has 1 heterocycles. The van der Waals surface area contributed by atoms with Crippen molar-refractivity contribution in [2.24, 2.45) is 11.7 Å². The first-order valence-electron chi connectivity index (χ1n) is 6.93. The number of ether oxygens (including phenoxy) is 1. The first-order valence-corrected chi connectivity index (χ1v) is 7.72. The van der Waals surface area contributed by atoms with E-state index in [1.165, 1.54) is 18.4 Å². The summed E-state index contributed by atoms with van der Waals surface area (Å²) in [6, 6.07) is 6.58. The van der Waals surface area contributed by atoms with Crippen LogP contribution in [0.4, 0.5) is 0 Å². The lowest BCUT2D eigenvalue weighted by molar-refractivity contribution is 0.141. The maximum Gasteiger partial charge on any atom is 0.133 e. The minimum Gasteiger partial charge on any atom is -0.496 e. The molecule has 1 aliphatic heterocycles. The molecule has 0 aromatic heterocycles. The van der Waals surface area contributed by atoms with Gasteiger partial charge < -0.3 is 10.5 Å². The summed E-state index contributed by atoms with van der Waals surface area (Å²) in [6.07, 6.45) is 2.54. The van der Waals surface area contributed by atoms with Gasteiger partial charge in [-0.3, -0.25) is 4.90 Å². The first-order chi connectivity index (χ1) is 9.15. The van der Waals surface area contributed by atoms with Gasteiger partial charge in [-0.25, -0.2) is 0 Å². The highest BCUT2D eigenvalue weighted by Crippen LogP contribution is 2.31. The van der Waals surface area contributed by atoms with E-state index < -0.39 is 0 Å². The van der Waals surface area contributed by atoms with E-state index in [9.17, 15) is 0 Å². The standard InChI is InChI=1S/C15H23BrN2O/c1-11-5-7-18(8-6-11)14(10-17)12-3-4-15(19-2)13(16)9-12/h3-4,9,11,14H,5-8,10,17H2,1-2H3. The van der Waals surface area contributed by atoms with Gasteiger partial charge in [0.05, 0.1) is 11.6 Å². The van der Waals surface area contributed by atoms with Crippen LogP contribution in [0.5, 0.6) is 5.75 Å². The molecular formula is C15H23BrN2O. The van der Waals surface area contributed by atoms with Crippen LogP contribution in [0, 0.1) is 5.92 Å². The van der Waals surface area contributed by atoms with Crippen molar-refractivity contribution in [1.29, 1.82) is 0 Å². The number of hydrogen-bond donors (Lipinski definition) is 1. The Hall–Kier alpha value is -0.580. The van der Waals surface area contributed by atoms with Gasteiger partial charge in [-0.15, -0.1) is 0 Å². The molecule has 0 amide bonds. The molecule has 3 nitrogen and oxygen atoms in total. The van der Waals surface area contributed by atoms with E-state index >= 15 is 0 Å². The summed E-state index contributed by atoms with van der Waals surface area (Å²) in [6.45, 7) is 5.28. The fraction of sp³-hybridized carbons (Fsp3) is 0.600. The molecule has 0 spiro atoms. The third-order valence-corrected chi connectivity index (χ3v) is 4.66. The van der Waals surface area contributed by atoms with Crippen LogP contribution in [0.15, 0.2) is 22.7 Å². The molecule has 1 unspecified atom stereocenters. The highest BCUT2D eigenvalue weighted by atomic mass is 79.9. The molecule has 1 aromatic rings. The molecule has 4 heteroatoms. The molecule has 1 atom stereocenters. The zero-order valence-corrected chi connectivity index (χ0v) is 13.3. The van der Waals surface area contributed by atoms with E-state index in [0.717, 1.165) is 29.2 Å². The second kappa shape index (κ2) is 6.73. The molecule has 1 saturated heterocycles. The zero-order chi connectivity index (χ0) is 13.8. The van der Waals surface area contributed by atoms with E-state index in [1.54, 1.807) is 7.11 Å². The lowest BCUT2D eigenvalue weighted by atomic mass is 9.96. The van der Waals surface area contributed by atoms with Crippen molar-refractivity contribution in [2.45, 2.75) is 25.8 Å². The monoisotopic (exact) mass is 326 g/mol. The largest absolute Gasteiger partial charge is 0.496 e. The third-order valence-electron chi connectivity index (χ3n) is 4.04. The Labute approximate surface area is 124 Å². The Bertz CT molecular complexity index is 417. The van der Waals surface area contributed by atoms with Crippen LogP contribution in [0.3, 0.4) is 0 Å². The average Bonchev–Trinajstić information content (AvgIpc) is 2.42. The van der Waals surface area contributed by atoms with Crippen molar-refractivity contribution in [3.05, 3.63) is 28.2 Å². The maximum absolute atomic E-state index is 6.00. The van der Waals surface area contributed by atoms with Crippen LogP contribution < -0.4 is 10.5 Å². The number of hydrogen-bond acceptors (Lipinski definition) is 3. The summed E-state index contributed by atoms with van der Waals surface area (Å²) in [5, 5.41) is 0. The van der Waals surface area contributed by atoms with E-state index in [1.807, 2.05) is 6.07 Å². The van der Waals surface area contributed by atoms with Gasteiger partial charge in [-0.2, -0.15) is 0 Å². The van der Waals surface area contributed by atoms with Crippen LogP contribution in [0.25, 0.3) is 0 Å². The van der Waals surface area contributed by atoms with Crippen LogP contribution >= 0.6 is 15.9 Å². The highest BCUT2D eigenvalue weighted by Gasteiger charge is 2.24. The van der Waals surface area contributed by atoms with Crippen molar-refractivity contribution in [3.8, 4) is 5.75 Å². The number of halogens is 1. The quantitative estimate of drug-likeness (QED) is 0.923. The smallest absolute Gasteiger partial charge is 0.133 e. The van der Waals surface area contributed by atoms with Gasteiger partial charge in [0, 0.05) is 12.6 Å². The fourth-order valence-corrected chi connectivity index (χ4v) is 3.28. The number of methoxy groups -OCH3 is 1. The summed E-state index contributed by atoms with van der Waals surface area (Å²) in [5.74, 6) is 1.71. The number of nitrogens with two attached hydrogens (primary N) is 1. The summed E-state index contributed by atoms with van der Waals surface area (Å²) in [5.41, 5.74) is 7.27. The van der Waals surface area contributed by atoms with Crippen LogP contribution in [-0.2, 0) is 0 Å². The Morgan fingerprint density at radius 1 is 1.42 bits per heavy atom. The molecule has 106 valence electrons. The van der Waals surface area contributed by atoms with E-state index in [0.29, 0.717) is 12.6 Å². The molecule has 2 N–H and O–H groups in total. The molecular weight excluding hydrogens is 304 g/mol. The predicted molar refractivity (Wildman–Crippen MR) is 82.5 cm³/mol. The normalized spacial score (nSPS) is 19.4. The Kier molecular flexibility index (Phi) is 5.25. The summed E-state index contributed by atoms with van der Waals surface area (Å²) >= 11 is 3.55. The molecule has 0 radical (unpaired) electrons. The number of rotatable bonds is 4. The molecule has 2 rings (SSSR count). The van der Waals surface area contributed by atoms with Gasteiger partial charge >= 0.3 is 0 Å². The van der Waals surface area contributed by atoms with Crippen molar-refractivity contribution >= 4 is 15.9 Å². The van der Waals surface area contributed by atoms with Gasteiger partial charge in [0.1, 0.15) is 5.75 Å². The minimum atomic E-state index is 0.315. The Morgan fingerprint density at radius 3 is 2.63 bits per heavy atom. The number of piperidine rings is 1. The zero-order valence-electron chi connectivity index (χ0n) is 11.7. The Balaban J connectivity index is 2.15. The molecule has 1 aliphatic rings. The van der Waals surface area contributed by atoms with Crippen molar-refractivity contribution < 1.29 is 4.74 Å². The number of likely N-dealkylation sites (tertiary alicyclic amines) is 1. The van der Waals surface area contributed by atoms with Crippen LogP contribution in [0.1, 0.15) is 31.4 Å². The number of nitrogens with zero attached hydrogens (tertiary/aromatic N) is 1. The molecule has 1 aromatic carbocycles. The third kappa shape index (κ3) is 3.50. The molecule has 1 fully saturated rings. The maximum atomic E-state index is 6.00. The van der Waals surface area contributed by atoms with Crippen molar-refractivity contribution in [1.82, 2.24) is 4.90 Å². The van der Waals surface area contributed by atoms with Gasteiger partial charge in [-0.1, -0.05) is 13.0 Å².